The first-order valence-electron chi connectivity index (χ1n) is 9.84. The fourth-order valence-electron chi connectivity index (χ4n) is 5.73. The number of carbonyl (C=O) groups is 2. The molecule has 152 valence electrons. The molecule has 1 aromatic carbocycles. The van der Waals surface area contributed by atoms with Crippen molar-refractivity contribution in [3.05, 3.63) is 35.4 Å². The summed E-state index contributed by atoms with van der Waals surface area (Å²) in [5.74, 6) is 0.681. The smallest absolute Gasteiger partial charge is 0.416 e. The maximum Gasteiger partial charge on any atom is 0.416 e. The Labute approximate surface area is 161 Å². The molecule has 1 aromatic rings. The van der Waals surface area contributed by atoms with Crippen LogP contribution in [0.5, 0.6) is 0 Å². The molecule has 1 atom stereocenters. The van der Waals surface area contributed by atoms with Gasteiger partial charge in [-0.15, -0.1) is 0 Å². The number of rotatable bonds is 4. The second-order valence-electron chi connectivity index (χ2n) is 8.81. The van der Waals surface area contributed by atoms with E-state index in [1.54, 1.807) is 0 Å². The lowest BCUT2D eigenvalue weighted by molar-refractivity contribution is -0.138. The van der Waals surface area contributed by atoms with E-state index in [9.17, 15) is 22.8 Å². The average Bonchev–Trinajstić information content (AvgIpc) is 2.59. The van der Waals surface area contributed by atoms with Crippen LogP contribution in [0.1, 0.15) is 61.4 Å². The van der Waals surface area contributed by atoms with Crippen molar-refractivity contribution in [1.29, 1.82) is 0 Å². The van der Waals surface area contributed by atoms with Crippen LogP contribution in [0.4, 0.5) is 13.2 Å². The van der Waals surface area contributed by atoms with E-state index in [2.05, 4.69) is 5.32 Å². The van der Waals surface area contributed by atoms with Gasteiger partial charge >= 0.3 is 12.1 Å². The Morgan fingerprint density at radius 3 is 2.21 bits per heavy atom. The number of hydrogen-bond acceptors (Lipinski definition) is 3. The van der Waals surface area contributed by atoms with Crippen LogP contribution >= 0.6 is 0 Å². The molecule has 1 N–H and O–H groups in total. The second-order valence-corrected chi connectivity index (χ2v) is 8.81. The van der Waals surface area contributed by atoms with Gasteiger partial charge in [0.15, 0.2) is 6.10 Å². The first-order valence-corrected chi connectivity index (χ1v) is 9.84. The minimum absolute atomic E-state index is 0.206. The summed E-state index contributed by atoms with van der Waals surface area (Å²) in [6.07, 6.45) is 1.05. The number of esters is 1. The molecule has 0 heterocycles. The molecule has 0 unspecified atom stereocenters. The van der Waals surface area contributed by atoms with Gasteiger partial charge in [-0.3, -0.25) is 4.79 Å². The minimum Gasteiger partial charge on any atom is -0.449 e. The molecule has 4 nitrogen and oxygen atoms in total. The van der Waals surface area contributed by atoms with Gasteiger partial charge in [-0.05, 0) is 81.4 Å². The first-order chi connectivity index (χ1) is 13.1. The highest BCUT2D eigenvalue weighted by Crippen LogP contribution is 2.55. The number of halogens is 3. The van der Waals surface area contributed by atoms with E-state index in [0.29, 0.717) is 17.8 Å². The maximum atomic E-state index is 12.8. The molecule has 0 radical (unpaired) electrons. The van der Waals surface area contributed by atoms with Crippen LogP contribution in [0, 0.1) is 17.8 Å². The van der Waals surface area contributed by atoms with Crippen LogP contribution < -0.4 is 5.32 Å². The fourth-order valence-corrected chi connectivity index (χ4v) is 5.73. The summed E-state index contributed by atoms with van der Waals surface area (Å²) in [7, 11) is 0. The molecule has 7 heteroatoms. The summed E-state index contributed by atoms with van der Waals surface area (Å²) in [5.41, 5.74) is -1.35. The fraction of sp³-hybridized carbons (Fsp3) is 0.619. The van der Waals surface area contributed by atoms with Gasteiger partial charge in [-0.1, -0.05) is 6.07 Å². The Hall–Kier alpha value is -2.05. The molecule has 5 rings (SSSR count). The molecule has 28 heavy (non-hydrogen) atoms. The van der Waals surface area contributed by atoms with Crippen molar-refractivity contribution >= 4 is 11.9 Å². The van der Waals surface area contributed by atoms with Crippen molar-refractivity contribution < 1.29 is 27.5 Å². The summed E-state index contributed by atoms with van der Waals surface area (Å²) < 4.78 is 43.6. The zero-order chi connectivity index (χ0) is 20.1. The summed E-state index contributed by atoms with van der Waals surface area (Å²) in [4.78, 5) is 24.9. The van der Waals surface area contributed by atoms with E-state index in [0.717, 1.165) is 37.5 Å². The summed E-state index contributed by atoms with van der Waals surface area (Å²) in [5, 5.41) is 3.12. The predicted octanol–water partition coefficient (Wildman–Crippen LogP) is 4.34. The molecule has 4 saturated carbocycles. The van der Waals surface area contributed by atoms with Gasteiger partial charge in [0.05, 0.1) is 11.1 Å². The van der Waals surface area contributed by atoms with Gasteiger partial charge in [0, 0.05) is 5.54 Å². The highest BCUT2D eigenvalue weighted by Gasteiger charge is 2.51. The van der Waals surface area contributed by atoms with Crippen molar-refractivity contribution in [2.75, 3.05) is 0 Å². The van der Waals surface area contributed by atoms with Gasteiger partial charge in [-0.2, -0.15) is 13.2 Å². The minimum atomic E-state index is -4.54. The summed E-state index contributed by atoms with van der Waals surface area (Å²) in [6, 6.07) is 4.03. The number of ether oxygens (including phenoxy) is 1. The van der Waals surface area contributed by atoms with Crippen LogP contribution in [-0.4, -0.2) is 23.5 Å². The molecule has 0 saturated heterocycles. The second kappa shape index (κ2) is 6.78. The quantitative estimate of drug-likeness (QED) is 0.772. The average molecular weight is 395 g/mol. The van der Waals surface area contributed by atoms with E-state index >= 15 is 0 Å². The first kappa shape index (κ1) is 19.3. The third kappa shape index (κ3) is 3.76. The summed E-state index contributed by atoms with van der Waals surface area (Å²) >= 11 is 0. The maximum absolute atomic E-state index is 12.8. The number of nitrogens with one attached hydrogen (secondary N) is 1. The molecular formula is C21H24F3NO3. The molecular weight excluding hydrogens is 371 g/mol. The molecule has 4 aliphatic carbocycles. The Morgan fingerprint density at radius 1 is 1.11 bits per heavy atom. The Balaban J connectivity index is 1.39. The lowest BCUT2D eigenvalue weighted by atomic mass is 9.53. The molecule has 0 aliphatic heterocycles. The number of amides is 1. The molecule has 4 bridgehead atoms. The summed E-state index contributed by atoms with van der Waals surface area (Å²) in [6.45, 7) is 1.46. The van der Waals surface area contributed by atoms with Crippen molar-refractivity contribution in [3.8, 4) is 0 Å². The van der Waals surface area contributed by atoms with Crippen LogP contribution in [0.2, 0.25) is 0 Å². The largest absolute Gasteiger partial charge is 0.449 e. The number of alkyl halides is 3. The van der Waals surface area contributed by atoms with E-state index in [-0.39, 0.29) is 17.0 Å². The lowest BCUT2D eigenvalue weighted by Gasteiger charge is -2.57. The number of carbonyl (C=O) groups excluding carboxylic acids is 2. The van der Waals surface area contributed by atoms with E-state index < -0.39 is 23.8 Å². The van der Waals surface area contributed by atoms with Crippen LogP contribution in [-0.2, 0) is 15.7 Å². The highest BCUT2D eigenvalue weighted by molar-refractivity contribution is 5.92. The van der Waals surface area contributed by atoms with Crippen molar-refractivity contribution in [2.45, 2.75) is 63.3 Å². The SMILES string of the molecule is C[C@H](OC(=O)c1cccc(C(F)(F)F)c1)C(=O)NC12CC3CC(CC(C3)C1)C2. The van der Waals surface area contributed by atoms with Gasteiger partial charge < -0.3 is 10.1 Å². The molecule has 1 amide bonds. The van der Waals surface area contributed by atoms with Crippen molar-refractivity contribution in [2.24, 2.45) is 17.8 Å². The third-order valence-electron chi connectivity index (χ3n) is 6.51. The molecule has 4 aliphatic rings. The van der Waals surface area contributed by atoms with E-state index in [1.807, 2.05) is 0 Å². The van der Waals surface area contributed by atoms with Crippen LogP contribution in [0.3, 0.4) is 0 Å². The van der Waals surface area contributed by atoms with Gasteiger partial charge in [0.2, 0.25) is 0 Å². The van der Waals surface area contributed by atoms with E-state index in [4.69, 9.17) is 4.74 Å². The topological polar surface area (TPSA) is 55.4 Å². The Bertz CT molecular complexity index is 754. The Kier molecular flexibility index (Phi) is 4.67. The highest BCUT2D eigenvalue weighted by atomic mass is 19.4. The standard InChI is InChI=1S/C21H24F3NO3/c1-12(28-19(27)16-3-2-4-17(8-16)21(22,23)24)18(26)25-20-9-13-5-14(10-20)7-15(6-13)11-20/h2-4,8,12-15H,5-7,9-11H2,1H3,(H,25,26)/t12-,13?,14?,15?,20?/m0/s1. The zero-order valence-electron chi connectivity index (χ0n) is 15.7. The van der Waals surface area contributed by atoms with Crippen molar-refractivity contribution in [1.82, 2.24) is 5.32 Å². The lowest BCUT2D eigenvalue weighted by Crippen LogP contribution is -2.61. The zero-order valence-corrected chi connectivity index (χ0v) is 15.7. The molecule has 0 aromatic heterocycles. The van der Waals surface area contributed by atoms with Crippen LogP contribution in [0.15, 0.2) is 24.3 Å². The normalized spacial score (nSPS) is 32.1. The van der Waals surface area contributed by atoms with Crippen LogP contribution in [0.25, 0.3) is 0 Å². The van der Waals surface area contributed by atoms with Crippen molar-refractivity contribution in [3.63, 3.8) is 0 Å². The Morgan fingerprint density at radius 2 is 1.68 bits per heavy atom. The van der Waals surface area contributed by atoms with E-state index in [1.165, 1.54) is 32.3 Å². The van der Waals surface area contributed by atoms with Gasteiger partial charge in [0.25, 0.3) is 5.91 Å². The predicted molar refractivity (Wildman–Crippen MR) is 95.4 cm³/mol. The molecule has 0 spiro atoms. The van der Waals surface area contributed by atoms with Gasteiger partial charge in [-0.25, -0.2) is 4.79 Å². The number of hydrogen-bond donors (Lipinski definition) is 1. The van der Waals surface area contributed by atoms with Gasteiger partial charge in [0.1, 0.15) is 0 Å². The monoisotopic (exact) mass is 395 g/mol. The number of benzene rings is 1. The third-order valence-corrected chi connectivity index (χ3v) is 6.51. The molecule has 4 fully saturated rings.